The lowest BCUT2D eigenvalue weighted by atomic mass is 9.89. The third kappa shape index (κ3) is 4.05. The third-order valence-electron chi connectivity index (χ3n) is 6.62. The second-order valence-electron chi connectivity index (χ2n) is 8.47. The minimum atomic E-state index is -0.378. The van der Waals surface area contributed by atoms with Gasteiger partial charge in [-0.1, -0.05) is 30.6 Å². The lowest BCUT2D eigenvalue weighted by Gasteiger charge is -2.20. The molecule has 0 aliphatic heterocycles. The lowest BCUT2D eigenvalue weighted by Crippen LogP contribution is -2.23. The minimum Gasteiger partial charge on any atom is -0.392 e. The summed E-state index contributed by atoms with van der Waals surface area (Å²) >= 11 is 1.55. The first-order chi connectivity index (χ1) is 12.4. The Kier molecular flexibility index (Phi) is 6.52. The fourth-order valence-corrected chi connectivity index (χ4v) is 6.02. The molecule has 5 atom stereocenters. The number of fused-ring (bicyclic) bond motifs is 1. The number of thioether (sulfide) groups is 1. The number of hydrogen-bond donors (Lipinski definition) is 2. The van der Waals surface area contributed by atoms with Crippen LogP contribution in [-0.2, 0) is 4.79 Å². The van der Waals surface area contributed by atoms with Crippen LogP contribution in [0.3, 0.4) is 0 Å². The maximum atomic E-state index is 12.4. The van der Waals surface area contributed by atoms with E-state index < -0.39 is 0 Å². The molecular weight excluding hydrogens is 346 g/mol. The molecule has 3 aliphatic rings. The molecule has 0 aromatic heterocycles. The first-order valence-electron chi connectivity index (χ1n) is 9.94. The molecule has 0 bridgehead atoms. The summed E-state index contributed by atoms with van der Waals surface area (Å²) in [6.07, 6.45) is 12.6. The van der Waals surface area contributed by atoms with E-state index in [1.807, 2.05) is 12.3 Å². The molecule has 5 heteroatoms. The molecule has 4 nitrogen and oxygen atoms in total. The van der Waals surface area contributed by atoms with Crippen molar-refractivity contribution in [3.05, 3.63) is 22.6 Å². The number of amides is 1. The highest BCUT2D eigenvalue weighted by molar-refractivity contribution is 8.03. The van der Waals surface area contributed by atoms with E-state index in [9.17, 15) is 15.0 Å². The second-order valence-corrected chi connectivity index (χ2v) is 9.29. The number of rotatable bonds is 5. The van der Waals surface area contributed by atoms with Crippen LogP contribution in [0, 0.1) is 23.7 Å². The molecule has 0 aromatic carbocycles. The molecule has 146 valence electrons. The molecule has 0 unspecified atom stereocenters. The van der Waals surface area contributed by atoms with Gasteiger partial charge in [0.1, 0.15) is 0 Å². The van der Waals surface area contributed by atoms with Gasteiger partial charge in [0.2, 0.25) is 0 Å². The Hall–Kier alpha value is -0.780. The van der Waals surface area contributed by atoms with Gasteiger partial charge < -0.3 is 15.1 Å². The Balaban J connectivity index is 1.71. The highest BCUT2D eigenvalue weighted by atomic mass is 32.2. The van der Waals surface area contributed by atoms with E-state index in [-0.39, 0.29) is 24.0 Å². The van der Waals surface area contributed by atoms with Crippen molar-refractivity contribution in [2.24, 2.45) is 23.7 Å². The zero-order valence-corrected chi connectivity index (χ0v) is 17.0. The van der Waals surface area contributed by atoms with E-state index in [1.54, 1.807) is 30.8 Å². The Bertz CT molecular complexity index is 580. The maximum absolute atomic E-state index is 12.4. The molecule has 0 heterocycles. The van der Waals surface area contributed by atoms with E-state index in [1.165, 1.54) is 18.4 Å². The number of carbonyl (C=O) groups excluding carboxylic acids is 1. The molecule has 1 amide bonds. The quantitative estimate of drug-likeness (QED) is 0.569. The van der Waals surface area contributed by atoms with Crippen LogP contribution in [0.25, 0.3) is 0 Å². The van der Waals surface area contributed by atoms with Crippen LogP contribution in [0.1, 0.15) is 44.9 Å². The zero-order chi connectivity index (χ0) is 18.8. The topological polar surface area (TPSA) is 60.8 Å². The molecule has 2 N–H and O–H groups in total. The largest absolute Gasteiger partial charge is 0.392 e. The van der Waals surface area contributed by atoms with Crippen molar-refractivity contribution < 1.29 is 15.0 Å². The fraction of sp³-hybridized carbons (Fsp3) is 0.762. The molecule has 3 rings (SSSR count). The summed E-state index contributed by atoms with van der Waals surface area (Å²) < 4.78 is 0. The summed E-state index contributed by atoms with van der Waals surface area (Å²) in [6, 6.07) is 0. The number of aliphatic hydroxyl groups excluding tert-OH is 2. The predicted octanol–water partition coefficient (Wildman–Crippen LogP) is 3.21. The average Bonchev–Trinajstić information content (AvgIpc) is 3.30. The van der Waals surface area contributed by atoms with Crippen molar-refractivity contribution in [2.45, 2.75) is 57.2 Å². The molecule has 0 saturated heterocycles. The minimum absolute atomic E-state index is 0.0942. The van der Waals surface area contributed by atoms with Crippen LogP contribution in [0.5, 0.6) is 0 Å². The average molecular weight is 380 g/mol. The number of carbonyl (C=O) groups is 1. The van der Waals surface area contributed by atoms with Crippen LogP contribution in [0.4, 0.5) is 0 Å². The Morgan fingerprint density at radius 3 is 2.58 bits per heavy atom. The van der Waals surface area contributed by atoms with Crippen molar-refractivity contribution >= 4 is 17.7 Å². The van der Waals surface area contributed by atoms with Crippen LogP contribution in [-0.4, -0.2) is 53.6 Å². The van der Waals surface area contributed by atoms with Gasteiger partial charge in [0.05, 0.1) is 17.1 Å². The van der Waals surface area contributed by atoms with Gasteiger partial charge in [0.15, 0.2) is 0 Å². The first-order valence-corrected chi connectivity index (χ1v) is 11.2. The molecular formula is C21H33NO3S. The summed E-state index contributed by atoms with van der Waals surface area (Å²) in [5.41, 5.74) is 1.26. The molecule has 0 spiro atoms. The molecule has 0 radical (unpaired) electrons. The normalized spacial score (nSPS) is 35.1. The Morgan fingerprint density at radius 1 is 1.27 bits per heavy atom. The first kappa shape index (κ1) is 20.0. The summed E-state index contributed by atoms with van der Waals surface area (Å²) in [4.78, 5) is 15.0. The SMILES string of the molecule is CS/C(C(=O)N(C)C)=C1\C[C@H]2C[C@@H](O)[C@H](/C=C/[C@@H](O)C3CCCC3)[C@H]2C1. The second kappa shape index (κ2) is 8.49. The van der Waals surface area contributed by atoms with Crippen molar-refractivity contribution in [3.8, 4) is 0 Å². The highest BCUT2D eigenvalue weighted by Gasteiger charge is 2.46. The van der Waals surface area contributed by atoms with Crippen molar-refractivity contribution in [3.63, 3.8) is 0 Å². The van der Waals surface area contributed by atoms with Crippen molar-refractivity contribution in [1.29, 1.82) is 0 Å². The van der Waals surface area contributed by atoms with E-state index in [2.05, 4.69) is 6.08 Å². The van der Waals surface area contributed by atoms with E-state index in [4.69, 9.17) is 0 Å². The van der Waals surface area contributed by atoms with Gasteiger partial charge in [0.25, 0.3) is 5.91 Å². The third-order valence-corrected chi connectivity index (χ3v) is 7.49. The van der Waals surface area contributed by atoms with Crippen LogP contribution >= 0.6 is 11.8 Å². The summed E-state index contributed by atoms with van der Waals surface area (Å²) in [5.74, 6) is 1.43. The number of hydrogen-bond acceptors (Lipinski definition) is 4. The van der Waals surface area contributed by atoms with Gasteiger partial charge >= 0.3 is 0 Å². The molecule has 3 aliphatic carbocycles. The Labute approximate surface area is 161 Å². The summed E-state index contributed by atoms with van der Waals surface area (Å²) in [5, 5.41) is 20.9. The van der Waals surface area contributed by atoms with Gasteiger partial charge in [-0.3, -0.25) is 4.79 Å². The zero-order valence-electron chi connectivity index (χ0n) is 16.2. The number of aliphatic hydroxyl groups is 2. The van der Waals surface area contributed by atoms with Gasteiger partial charge in [-0.2, -0.15) is 0 Å². The standard InChI is InChI=1S/C21H33NO3S/c1-22(2)21(25)20(26-3)15-10-14-12-19(24)16(17(14)11-15)8-9-18(23)13-6-4-5-7-13/h8-9,13-14,16-19,23-24H,4-7,10-12H2,1-3H3/b9-8+,20-15+/t14-,16+,17-,18+,19+/m0/s1. The number of allylic oxidation sites excluding steroid dienone is 1. The number of likely N-dealkylation sites (N-methyl/N-ethyl adjacent to an activating group) is 1. The van der Waals surface area contributed by atoms with E-state index >= 15 is 0 Å². The monoisotopic (exact) mass is 379 g/mol. The van der Waals surface area contributed by atoms with E-state index in [0.717, 1.165) is 37.0 Å². The van der Waals surface area contributed by atoms with Crippen LogP contribution in [0.15, 0.2) is 22.6 Å². The highest BCUT2D eigenvalue weighted by Crippen LogP contribution is 2.52. The smallest absolute Gasteiger partial charge is 0.259 e. The molecule has 3 fully saturated rings. The van der Waals surface area contributed by atoms with Gasteiger partial charge in [-0.15, -0.1) is 11.8 Å². The summed E-state index contributed by atoms with van der Waals surface area (Å²) in [6.45, 7) is 0. The van der Waals surface area contributed by atoms with E-state index in [0.29, 0.717) is 17.8 Å². The summed E-state index contributed by atoms with van der Waals surface area (Å²) in [7, 11) is 3.60. The Morgan fingerprint density at radius 2 is 1.96 bits per heavy atom. The van der Waals surface area contributed by atoms with Crippen molar-refractivity contribution in [2.75, 3.05) is 20.4 Å². The van der Waals surface area contributed by atoms with Gasteiger partial charge in [-0.05, 0) is 56.1 Å². The predicted molar refractivity (Wildman–Crippen MR) is 107 cm³/mol. The van der Waals surface area contributed by atoms with Crippen molar-refractivity contribution in [1.82, 2.24) is 4.90 Å². The maximum Gasteiger partial charge on any atom is 0.259 e. The van der Waals surface area contributed by atoms with Gasteiger partial charge in [0, 0.05) is 20.0 Å². The van der Waals surface area contributed by atoms with Crippen LogP contribution < -0.4 is 0 Å². The van der Waals surface area contributed by atoms with Gasteiger partial charge in [-0.25, -0.2) is 0 Å². The molecule has 3 saturated carbocycles. The fourth-order valence-electron chi connectivity index (χ4n) is 5.20. The number of nitrogens with zero attached hydrogens (tertiary/aromatic N) is 1. The molecule has 26 heavy (non-hydrogen) atoms. The van der Waals surface area contributed by atoms with Crippen LogP contribution in [0.2, 0.25) is 0 Å². The lowest BCUT2D eigenvalue weighted by molar-refractivity contribution is -0.124. The molecule has 0 aromatic rings.